The zero-order valence-corrected chi connectivity index (χ0v) is 12.0. The Labute approximate surface area is 118 Å². The zero-order valence-electron chi connectivity index (χ0n) is 12.0. The Morgan fingerprint density at radius 2 is 1.85 bits per heavy atom. The van der Waals surface area contributed by atoms with Gasteiger partial charge in [0.25, 0.3) is 0 Å². The first-order valence-electron chi connectivity index (χ1n) is 6.45. The summed E-state index contributed by atoms with van der Waals surface area (Å²) in [5.74, 6) is -1.98. The molecule has 0 aliphatic carbocycles. The van der Waals surface area contributed by atoms with Crippen LogP contribution in [-0.4, -0.2) is 37.4 Å². The van der Waals surface area contributed by atoms with Gasteiger partial charge in [0.05, 0.1) is 6.61 Å². The van der Waals surface area contributed by atoms with E-state index in [0.29, 0.717) is 5.56 Å². The summed E-state index contributed by atoms with van der Waals surface area (Å²) in [5, 5.41) is 9.61. The second-order valence-electron chi connectivity index (χ2n) is 4.54. The first-order valence-corrected chi connectivity index (χ1v) is 6.45. The lowest BCUT2D eigenvalue weighted by Gasteiger charge is -2.27. The summed E-state index contributed by atoms with van der Waals surface area (Å²) in [6.07, 6.45) is 0.0285. The molecular formula is C15H20O5. The number of methoxy groups -OCH3 is 1. The van der Waals surface area contributed by atoms with E-state index in [4.69, 9.17) is 9.47 Å². The molecule has 1 aromatic carbocycles. The molecule has 0 aliphatic heterocycles. The third-order valence-corrected chi connectivity index (χ3v) is 3.21. The number of rotatable bonds is 7. The van der Waals surface area contributed by atoms with E-state index >= 15 is 0 Å². The molecule has 1 aromatic rings. The molecule has 0 aromatic heterocycles. The van der Waals surface area contributed by atoms with E-state index in [0.717, 1.165) is 5.56 Å². The van der Waals surface area contributed by atoms with Crippen molar-refractivity contribution in [1.29, 1.82) is 0 Å². The van der Waals surface area contributed by atoms with Crippen LogP contribution in [0.25, 0.3) is 0 Å². The summed E-state index contributed by atoms with van der Waals surface area (Å²) in [7, 11) is 1.47. The zero-order chi connectivity index (χ0) is 15.2. The van der Waals surface area contributed by atoms with Gasteiger partial charge >= 0.3 is 11.9 Å². The molecule has 0 amide bonds. The van der Waals surface area contributed by atoms with Gasteiger partial charge in [-0.1, -0.05) is 29.8 Å². The molecule has 0 heterocycles. The molecule has 1 atom stereocenters. The van der Waals surface area contributed by atoms with Crippen molar-refractivity contribution in [3.8, 4) is 0 Å². The fraction of sp³-hybridized carbons (Fsp3) is 0.467. The van der Waals surface area contributed by atoms with Crippen LogP contribution in [0.5, 0.6) is 0 Å². The number of ether oxygens (including phenoxy) is 2. The van der Waals surface area contributed by atoms with Gasteiger partial charge in [0, 0.05) is 20.1 Å². The lowest BCUT2D eigenvalue weighted by atomic mass is 9.77. The molecule has 1 N–H and O–H groups in total. The van der Waals surface area contributed by atoms with Crippen LogP contribution in [0.15, 0.2) is 24.3 Å². The number of carboxylic acids is 1. The number of hydrogen-bond acceptors (Lipinski definition) is 4. The Morgan fingerprint density at radius 3 is 2.30 bits per heavy atom. The van der Waals surface area contributed by atoms with Gasteiger partial charge in [-0.25, -0.2) is 0 Å². The van der Waals surface area contributed by atoms with Crippen molar-refractivity contribution in [3.63, 3.8) is 0 Å². The smallest absolute Gasteiger partial charge is 0.328 e. The highest BCUT2D eigenvalue weighted by molar-refractivity contribution is 6.05. The van der Waals surface area contributed by atoms with Crippen molar-refractivity contribution < 1.29 is 24.2 Å². The molecule has 0 saturated heterocycles. The number of benzene rings is 1. The fourth-order valence-corrected chi connectivity index (χ4v) is 2.03. The Bertz CT molecular complexity index is 466. The summed E-state index contributed by atoms with van der Waals surface area (Å²) in [6.45, 7) is 3.83. The minimum absolute atomic E-state index is 0.0285. The van der Waals surface area contributed by atoms with Crippen molar-refractivity contribution in [3.05, 3.63) is 35.4 Å². The number of carbonyl (C=O) groups is 2. The van der Waals surface area contributed by atoms with Crippen LogP contribution >= 0.6 is 0 Å². The number of aryl methyl sites for hydroxylation is 1. The van der Waals surface area contributed by atoms with Gasteiger partial charge in [-0.2, -0.15) is 0 Å². The summed E-state index contributed by atoms with van der Waals surface area (Å²) < 4.78 is 9.93. The van der Waals surface area contributed by atoms with Crippen LogP contribution in [0, 0.1) is 6.92 Å². The monoisotopic (exact) mass is 280 g/mol. The molecule has 0 saturated carbocycles. The first kappa shape index (κ1) is 16.2. The van der Waals surface area contributed by atoms with Crippen LogP contribution in [-0.2, 0) is 24.5 Å². The number of carboxylic acid groups (broad SMARTS) is 1. The number of hydrogen-bond donors (Lipinski definition) is 1. The lowest BCUT2D eigenvalue weighted by Crippen LogP contribution is -2.46. The SMILES string of the molecule is CCOC(=O)C(CCOC)(C(=O)O)c1ccc(C)cc1. The summed E-state index contributed by atoms with van der Waals surface area (Å²) in [5.41, 5.74) is -0.325. The predicted molar refractivity (Wildman–Crippen MR) is 73.6 cm³/mol. The summed E-state index contributed by atoms with van der Waals surface area (Å²) in [4.78, 5) is 24.0. The van der Waals surface area contributed by atoms with Gasteiger partial charge in [-0.3, -0.25) is 9.59 Å². The van der Waals surface area contributed by atoms with Gasteiger partial charge in [-0.15, -0.1) is 0 Å². The quantitative estimate of drug-likeness (QED) is 0.610. The normalized spacial score (nSPS) is 13.6. The molecule has 0 spiro atoms. The van der Waals surface area contributed by atoms with Crippen molar-refractivity contribution >= 4 is 11.9 Å². The largest absolute Gasteiger partial charge is 0.480 e. The standard InChI is InChI=1S/C15H20O5/c1-4-20-14(18)15(13(16)17,9-10-19-3)12-7-5-11(2)6-8-12/h5-8H,4,9-10H2,1-3H3,(H,16,17). The van der Waals surface area contributed by atoms with Crippen LogP contribution in [0.4, 0.5) is 0 Å². The van der Waals surface area contributed by atoms with Gasteiger partial charge in [-0.05, 0) is 19.4 Å². The third-order valence-electron chi connectivity index (χ3n) is 3.21. The predicted octanol–water partition coefficient (Wildman–Crippen LogP) is 1.92. The maximum absolute atomic E-state index is 12.2. The molecule has 5 heteroatoms. The Hall–Kier alpha value is -1.88. The second-order valence-corrected chi connectivity index (χ2v) is 4.54. The molecule has 0 radical (unpaired) electrons. The van der Waals surface area contributed by atoms with E-state index < -0.39 is 17.4 Å². The molecule has 0 aliphatic rings. The highest BCUT2D eigenvalue weighted by atomic mass is 16.5. The minimum Gasteiger partial charge on any atom is -0.480 e. The molecule has 20 heavy (non-hydrogen) atoms. The number of carbonyl (C=O) groups excluding carboxylic acids is 1. The topological polar surface area (TPSA) is 72.8 Å². The maximum atomic E-state index is 12.2. The Kier molecular flexibility index (Phi) is 5.70. The van der Waals surface area contributed by atoms with E-state index in [9.17, 15) is 14.7 Å². The van der Waals surface area contributed by atoms with Gasteiger partial charge in [0.15, 0.2) is 5.41 Å². The second kappa shape index (κ2) is 7.05. The van der Waals surface area contributed by atoms with Gasteiger partial charge in [0.2, 0.25) is 0 Å². The molecule has 110 valence electrons. The third kappa shape index (κ3) is 3.17. The van der Waals surface area contributed by atoms with Crippen molar-refractivity contribution in [1.82, 2.24) is 0 Å². The molecule has 0 fully saturated rings. The molecule has 5 nitrogen and oxygen atoms in total. The van der Waals surface area contributed by atoms with E-state index in [-0.39, 0.29) is 19.6 Å². The fourth-order valence-electron chi connectivity index (χ4n) is 2.03. The molecule has 1 rings (SSSR count). The van der Waals surface area contributed by atoms with Crippen LogP contribution < -0.4 is 0 Å². The van der Waals surface area contributed by atoms with Crippen molar-refractivity contribution in [2.45, 2.75) is 25.7 Å². The van der Waals surface area contributed by atoms with Crippen LogP contribution in [0.3, 0.4) is 0 Å². The first-order chi connectivity index (χ1) is 9.48. The average Bonchev–Trinajstić information content (AvgIpc) is 2.41. The van der Waals surface area contributed by atoms with Crippen LogP contribution in [0.1, 0.15) is 24.5 Å². The van der Waals surface area contributed by atoms with Gasteiger partial charge in [0.1, 0.15) is 0 Å². The Balaban J connectivity index is 3.31. The van der Waals surface area contributed by atoms with Gasteiger partial charge < -0.3 is 14.6 Å². The van der Waals surface area contributed by atoms with Crippen molar-refractivity contribution in [2.75, 3.05) is 20.3 Å². The highest BCUT2D eigenvalue weighted by Crippen LogP contribution is 2.31. The highest BCUT2D eigenvalue weighted by Gasteiger charge is 2.49. The van der Waals surface area contributed by atoms with E-state index in [1.165, 1.54) is 7.11 Å². The average molecular weight is 280 g/mol. The maximum Gasteiger partial charge on any atom is 0.328 e. The van der Waals surface area contributed by atoms with E-state index in [1.807, 2.05) is 6.92 Å². The number of aliphatic carboxylic acids is 1. The molecular weight excluding hydrogens is 260 g/mol. The molecule has 1 unspecified atom stereocenters. The van der Waals surface area contributed by atoms with E-state index in [1.54, 1.807) is 31.2 Å². The summed E-state index contributed by atoms with van der Waals surface area (Å²) in [6, 6.07) is 6.85. The number of esters is 1. The van der Waals surface area contributed by atoms with Crippen molar-refractivity contribution in [2.24, 2.45) is 0 Å². The summed E-state index contributed by atoms with van der Waals surface area (Å²) >= 11 is 0. The lowest BCUT2D eigenvalue weighted by molar-refractivity contribution is -0.162. The van der Waals surface area contributed by atoms with Crippen LogP contribution in [0.2, 0.25) is 0 Å². The minimum atomic E-state index is -1.72. The van der Waals surface area contributed by atoms with E-state index in [2.05, 4.69) is 0 Å². The molecule has 0 bridgehead atoms. The Morgan fingerprint density at radius 1 is 1.25 bits per heavy atom.